The van der Waals surface area contributed by atoms with Gasteiger partial charge in [-0.25, -0.2) is 4.39 Å². The molecule has 1 aromatic rings. The van der Waals surface area contributed by atoms with Gasteiger partial charge in [-0.1, -0.05) is 6.92 Å². The van der Waals surface area contributed by atoms with Crippen LogP contribution in [0.15, 0.2) is 16.6 Å². The number of ether oxygens (including phenoxy) is 1. The van der Waals surface area contributed by atoms with Crippen LogP contribution in [0.3, 0.4) is 0 Å². The molecule has 7 nitrogen and oxygen atoms in total. The monoisotopic (exact) mass is 363 g/mol. The van der Waals surface area contributed by atoms with E-state index in [2.05, 4.69) is 21.2 Å². The van der Waals surface area contributed by atoms with Crippen molar-refractivity contribution in [3.8, 4) is 5.75 Å². The number of nitro benzene ring substituents is 1. The van der Waals surface area contributed by atoms with E-state index in [0.717, 1.165) is 18.6 Å². The van der Waals surface area contributed by atoms with Crippen LogP contribution in [0.1, 0.15) is 13.3 Å². The van der Waals surface area contributed by atoms with Crippen LogP contribution in [0.2, 0.25) is 0 Å². The van der Waals surface area contributed by atoms with Gasteiger partial charge in [0.15, 0.2) is 5.75 Å². The Hall–Kier alpha value is -1.74. The van der Waals surface area contributed by atoms with Crippen LogP contribution in [0.4, 0.5) is 10.1 Å². The number of nitro groups is 1. The predicted molar refractivity (Wildman–Crippen MR) is 77.5 cm³/mol. The number of benzene rings is 1. The predicted octanol–water partition coefficient (Wildman–Crippen LogP) is 1.73. The van der Waals surface area contributed by atoms with Gasteiger partial charge in [-0.05, 0) is 28.9 Å². The van der Waals surface area contributed by atoms with Gasteiger partial charge >= 0.3 is 5.69 Å². The Kier molecular flexibility index (Phi) is 6.50. The zero-order valence-corrected chi connectivity index (χ0v) is 12.9. The quantitative estimate of drug-likeness (QED) is 0.540. The van der Waals surface area contributed by atoms with Crippen molar-refractivity contribution < 1.29 is 18.8 Å². The minimum absolute atomic E-state index is 0.0443. The van der Waals surface area contributed by atoms with Crippen molar-refractivity contribution in [1.82, 2.24) is 5.32 Å². The number of rotatable bonds is 8. The highest BCUT2D eigenvalue weighted by Crippen LogP contribution is 2.32. The van der Waals surface area contributed by atoms with Crippen molar-refractivity contribution in [2.24, 2.45) is 5.73 Å². The van der Waals surface area contributed by atoms with Gasteiger partial charge in [0, 0.05) is 12.1 Å². The van der Waals surface area contributed by atoms with Gasteiger partial charge in [-0.3, -0.25) is 14.9 Å². The number of amides is 1. The minimum Gasteiger partial charge on any atom is -0.485 e. The molecular weight excluding hydrogens is 349 g/mol. The molecule has 116 valence electrons. The highest BCUT2D eigenvalue weighted by molar-refractivity contribution is 9.10. The van der Waals surface area contributed by atoms with Gasteiger partial charge in [-0.2, -0.15) is 0 Å². The smallest absolute Gasteiger partial charge is 0.312 e. The topological polar surface area (TPSA) is 107 Å². The molecule has 1 amide bonds. The minimum atomic E-state index is -0.809. The maximum absolute atomic E-state index is 13.5. The van der Waals surface area contributed by atoms with Crippen LogP contribution in [0.25, 0.3) is 0 Å². The molecule has 0 aliphatic carbocycles. The molecule has 0 aliphatic rings. The van der Waals surface area contributed by atoms with Crippen LogP contribution < -0.4 is 15.8 Å². The number of hydrogen-bond acceptors (Lipinski definition) is 5. The summed E-state index contributed by atoms with van der Waals surface area (Å²) in [4.78, 5) is 21.4. The summed E-state index contributed by atoms with van der Waals surface area (Å²) in [5.74, 6) is -1.61. The van der Waals surface area contributed by atoms with Crippen LogP contribution in [0, 0.1) is 15.9 Å². The maximum Gasteiger partial charge on any atom is 0.312 e. The van der Waals surface area contributed by atoms with Gasteiger partial charge in [0.25, 0.3) is 0 Å². The summed E-state index contributed by atoms with van der Waals surface area (Å²) in [5, 5.41) is 13.8. The Morgan fingerprint density at radius 1 is 1.62 bits per heavy atom. The molecule has 0 saturated carbocycles. The largest absolute Gasteiger partial charge is 0.485 e. The molecule has 0 radical (unpaired) electrons. The number of halogens is 2. The molecule has 21 heavy (non-hydrogen) atoms. The first-order chi connectivity index (χ1) is 9.86. The first kappa shape index (κ1) is 17.3. The van der Waals surface area contributed by atoms with E-state index in [1.54, 1.807) is 0 Å². The molecule has 9 heteroatoms. The summed E-state index contributed by atoms with van der Waals surface area (Å²) in [7, 11) is 0. The maximum atomic E-state index is 13.5. The number of nitrogens with one attached hydrogen (secondary N) is 1. The third-order valence-electron chi connectivity index (χ3n) is 2.59. The fourth-order valence-electron chi connectivity index (χ4n) is 1.51. The summed E-state index contributed by atoms with van der Waals surface area (Å²) >= 11 is 2.86. The van der Waals surface area contributed by atoms with Gasteiger partial charge in [0.1, 0.15) is 18.5 Å². The molecule has 1 atom stereocenters. The first-order valence-corrected chi connectivity index (χ1v) is 6.95. The molecule has 1 aromatic carbocycles. The summed E-state index contributed by atoms with van der Waals surface area (Å²) in [5.41, 5.74) is 4.80. The van der Waals surface area contributed by atoms with Crippen LogP contribution >= 0.6 is 15.9 Å². The highest BCUT2D eigenvalue weighted by Gasteiger charge is 2.22. The SMILES string of the molecule is CCCNC(COc1cc(F)c(Br)cc1[N+](=O)[O-])C(N)=O. The van der Waals surface area contributed by atoms with E-state index in [1.165, 1.54) is 0 Å². The third kappa shape index (κ3) is 4.94. The molecule has 3 N–H and O–H groups in total. The number of primary amides is 1. The molecular formula is C12H15BrFN3O4. The Labute approximate surface area is 128 Å². The average Bonchev–Trinajstić information content (AvgIpc) is 2.41. The molecule has 0 bridgehead atoms. The summed E-state index contributed by atoms with van der Waals surface area (Å²) in [6.07, 6.45) is 0.775. The normalized spacial score (nSPS) is 12.0. The van der Waals surface area contributed by atoms with Gasteiger partial charge in [0.2, 0.25) is 5.91 Å². The van der Waals surface area contributed by atoms with Crippen LogP contribution in [-0.2, 0) is 4.79 Å². The highest BCUT2D eigenvalue weighted by atomic mass is 79.9. The lowest BCUT2D eigenvalue weighted by atomic mass is 10.2. The first-order valence-electron chi connectivity index (χ1n) is 6.15. The second-order valence-electron chi connectivity index (χ2n) is 4.21. The van der Waals surface area contributed by atoms with E-state index >= 15 is 0 Å². The summed E-state index contributed by atoms with van der Waals surface area (Å²) in [6, 6.07) is 1.08. The van der Waals surface area contributed by atoms with E-state index < -0.39 is 28.4 Å². The number of carbonyl (C=O) groups is 1. The fraction of sp³-hybridized carbons (Fsp3) is 0.417. The van der Waals surface area contributed by atoms with Gasteiger partial charge < -0.3 is 15.8 Å². The molecule has 0 fully saturated rings. The van der Waals surface area contributed by atoms with Crippen molar-refractivity contribution in [3.63, 3.8) is 0 Å². The standard InChI is InChI=1S/C12H15BrFN3O4/c1-2-3-16-9(12(15)18)6-21-11-5-8(14)7(13)4-10(11)17(19)20/h4-5,9,16H,2-3,6H2,1H3,(H2,15,18). The van der Waals surface area contributed by atoms with Gasteiger partial charge in [0.05, 0.1) is 9.40 Å². The van der Waals surface area contributed by atoms with E-state index in [9.17, 15) is 19.3 Å². The number of hydrogen-bond donors (Lipinski definition) is 2. The van der Waals surface area contributed by atoms with Crippen molar-refractivity contribution in [2.45, 2.75) is 19.4 Å². The average molecular weight is 364 g/mol. The molecule has 0 aliphatic heterocycles. The van der Waals surface area contributed by atoms with E-state index in [0.29, 0.717) is 6.54 Å². The number of nitrogens with two attached hydrogens (primary N) is 1. The Bertz CT molecular complexity index is 541. The van der Waals surface area contributed by atoms with Crippen molar-refractivity contribution >= 4 is 27.5 Å². The zero-order valence-electron chi connectivity index (χ0n) is 11.3. The summed E-state index contributed by atoms with van der Waals surface area (Å²) < 4.78 is 18.6. The number of nitrogens with zero attached hydrogens (tertiary/aromatic N) is 1. The molecule has 1 rings (SSSR count). The van der Waals surface area contributed by atoms with Crippen molar-refractivity contribution in [2.75, 3.05) is 13.2 Å². The second-order valence-corrected chi connectivity index (χ2v) is 5.07. The molecule has 0 heterocycles. The molecule has 0 spiro atoms. The Balaban J connectivity index is 2.88. The van der Waals surface area contributed by atoms with E-state index in [1.807, 2.05) is 6.92 Å². The van der Waals surface area contributed by atoms with Crippen molar-refractivity contribution in [1.29, 1.82) is 0 Å². The van der Waals surface area contributed by atoms with Gasteiger partial charge in [-0.15, -0.1) is 0 Å². The second kappa shape index (κ2) is 7.89. The third-order valence-corrected chi connectivity index (χ3v) is 3.20. The fourth-order valence-corrected chi connectivity index (χ4v) is 1.84. The lowest BCUT2D eigenvalue weighted by molar-refractivity contribution is -0.386. The molecule has 0 aromatic heterocycles. The van der Waals surface area contributed by atoms with Crippen LogP contribution in [-0.4, -0.2) is 30.0 Å². The van der Waals surface area contributed by atoms with Crippen LogP contribution in [0.5, 0.6) is 5.75 Å². The molecule has 0 saturated heterocycles. The molecule has 1 unspecified atom stereocenters. The Morgan fingerprint density at radius 3 is 2.81 bits per heavy atom. The lowest BCUT2D eigenvalue weighted by Gasteiger charge is -2.16. The lowest BCUT2D eigenvalue weighted by Crippen LogP contribution is -2.45. The van der Waals surface area contributed by atoms with E-state index in [4.69, 9.17) is 10.5 Å². The van der Waals surface area contributed by atoms with Crippen molar-refractivity contribution in [3.05, 3.63) is 32.5 Å². The Morgan fingerprint density at radius 2 is 2.29 bits per heavy atom. The summed E-state index contributed by atoms with van der Waals surface area (Å²) in [6.45, 7) is 2.21. The number of carbonyl (C=O) groups excluding carboxylic acids is 1. The zero-order chi connectivity index (χ0) is 16.0. The van der Waals surface area contributed by atoms with E-state index in [-0.39, 0.29) is 16.8 Å².